The molecule has 0 saturated heterocycles. The fourth-order valence-electron chi connectivity index (χ4n) is 2.90. The number of nitro benzene ring substituents is 1. The fourth-order valence-corrected chi connectivity index (χ4v) is 4.37. The van der Waals surface area contributed by atoms with Gasteiger partial charge in [-0.3, -0.25) is 19.7 Å². The second-order valence-corrected chi connectivity index (χ2v) is 9.04. The highest BCUT2D eigenvalue weighted by Crippen LogP contribution is 2.30. The van der Waals surface area contributed by atoms with Crippen molar-refractivity contribution >= 4 is 63.8 Å². The van der Waals surface area contributed by atoms with Crippen molar-refractivity contribution in [2.75, 3.05) is 10.6 Å². The van der Waals surface area contributed by atoms with Crippen molar-refractivity contribution in [2.45, 2.75) is 23.5 Å². The summed E-state index contributed by atoms with van der Waals surface area (Å²) in [5.74, 6) is -0.680. The Kier molecular flexibility index (Phi) is 8.32. The molecule has 0 aliphatic carbocycles. The van der Waals surface area contributed by atoms with Crippen molar-refractivity contribution < 1.29 is 14.5 Å². The van der Waals surface area contributed by atoms with E-state index in [2.05, 4.69) is 10.6 Å². The molecule has 0 bridgehead atoms. The van der Waals surface area contributed by atoms with E-state index in [1.54, 1.807) is 36.4 Å². The molecule has 0 radical (unpaired) electrons. The highest BCUT2D eigenvalue weighted by Gasteiger charge is 2.19. The third-order valence-corrected chi connectivity index (χ3v) is 6.45. The van der Waals surface area contributed by atoms with Gasteiger partial charge in [0.2, 0.25) is 5.91 Å². The standard InChI is InChI=1S/C23H19Cl2N3O4S/c1-2-21(23(30)27-20-10-9-15(24)12-19(20)25)33-18-8-4-6-16(13-18)26-22(29)14-5-3-7-17(11-14)28(31)32/h3-13,21H,2H2,1H3,(H,26,29)(H,27,30). The lowest BCUT2D eigenvalue weighted by molar-refractivity contribution is -0.384. The molecule has 3 rings (SSSR count). The summed E-state index contributed by atoms with van der Waals surface area (Å²) in [6, 6.07) is 17.4. The summed E-state index contributed by atoms with van der Waals surface area (Å²) in [5.41, 5.74) is 0.994. The van der Waals surface area contributed by atoms with Gasteiger partial charge in [-0.05, 0) is 48.9 Å². The van der Waals surface area contributed by atoms with Crippen molar-refractivity contribution in [3.63, 3.8) is 0 Å². The van der Waals surface area contributed by atoms with Gasteiger partial charge in [-0.1, -0.05) is 42.3 Å². The SMILES string of the molecule is CCC(Sc1cccc(NC(=O)c2cccc([N+](=O)[O-])c2)c1)C(=O)Nc1ccc(Cl)cc1Cl. The number of anilines is 2. The lowest BCUT2D eigenvalue weighted by Crippen LogP contribution is -2.24. The number of amides is 2. The predicted octanol–water partition coefficient (Wildman–Crippen LogP) is 6.66. The second-order valence-electron chi connectivity index (χ2n) is 6.92. The number of nitro groups is 1. The minimum atomic E-state index is -0.554. The van der Waals surface area contributed by atoms with Crippen LogP contribution in [0.1, 0.15) is 23.7 Å². The molecule has 10 heteroatoms. The summed E-state index contributed by atoms with van der Waals surface area (Å²) < 4.78 is 0. The average molecular weight is 504 g/mol. The number of non-ortho nitro benzene ring substituents is 1. The van der Waals surface area contributed by atoms with E-state index >= 15 is 0 Å². The van der Waals surface area contributed by atoms with E-state index in [1.165, 1.54) is 36.0 Å². The summed E-state index contributed by atoms with van der Waals surface area (Å²) in [6.07, 6.45) is 0.561. The quantitative estimate of drug-likeness (QED) is 0.203. The van der Waals surface area contributed by atoms with Crippen molar-refractivity contribution in [3.05, 3.63) is 92.5 Å². The van der Waals surface area contributed by atoms with Gasteiger partial charge in [-0.2, -0.15) is 0 Å². The van der Waals surface area contributed by atoms with E-state index in [-0.39, 0.29) is 17.2 Å². The maximum atomic E-state index is 12.8. The second kappa shape index (κ2) is 11.2. The van der Waals surface area contributed by atoms with Crippen molar-refractivity contribution in [1.29, 1.82) is 0 Å². The Hall–Kier alpha value is -3.07. The van der Waals surface area contributed by atoms with Crippen LogP contribution in [0.2, 0.25) is 10.0 Å². The summed E-state index contributed by atoms with van der Waals surface area (Å²) in [7, 11) is 0. The first-order chi connectivity index (χ1) is 15.8. The molecular formula is C23H19Cl2N3O4S. The number of carbonyl (C=O) groups is 2. The number of rotatable bonds is 8. The van der Waals surface area contributed by atoms with Gasteiger partial charge in [0.1, 0.15) is 0 Å². The number of hydrogen-bond acceptors (Lipinski definition) is 5. The number of carbonyl (C=O) groups excluding carboxylic acids is 2. The van der Waals surface area contributed by atoms with Gasteiger partial charge in [0, 0.05) is 33.3 Å². The molecule has 2 amide bonds. The summed E-state index contributed by atoms with van der Waals surface area (Å²) in [4.78, 5) is 36.4. The zero-order valence-electron chi connectivity index (χ0n) is 17.4. The fraction of sp³-hybridized carbons (Fsp3) is 0.130. The van der Waals surface area contributed by atoms with Gasteiger partial charge in [0.15, 0.2) is 0 Å². The molecule has 0 aliphatic heterocycles. The van der Waals surface area contributed by atoms with Crippen LogP contribution in [0.15, 0.2) is 71.6 Å². The maximum absolute atomic E-state index is 12.8. The molecule has 3 aromatic carbocycles. The van der Waals surface area contributed by atoms with Crippen molar-refractivity contribution in [2.24, 2.45) is 0 Å². The number of halogens is 2. The molecule has 33 heavy (non-hydrogen) atoms. The topological polar surface area (TPSA) is 101 Å². The maximum Gasteiger partial charge on any atom is 0.270 e. The molecule has 0 fully saturated rings. The first-order valence-electron chi connectivity index (χ1n) is 9.85. The smallest absolute Gasteiger partial charge is 0.270 e. The van der Waals surface area contributed by atoms with E-state index < -0.39 is 16.1 Å². The molecular weight excluding hydrogens is 485 g/mol. The molecule has 0 heterocycles. The van der Waals surface area contributed by atoms with Gasteiger partial charge in [0.05, 0.1) is 20.9 Å². The van der Waals surface area contributed by atoms with Crippen LogP contribution in [0.4, 0.5) is 17.1 Å². The lowest BCUT2D eigenvalue weighted by Gasteiger charge is -2.16. The Morgan fingerprint density at radius 2 is 1.79 bits per heavy atom. The third kappa shape index (κ3) is 6.71. The van der Waals surface area contributed by atoms with Crippen LogP contribution in [0.3, 0.4) is 0 Å². The van der Waals surface area contributed by atoms with Gasteiger partial charge >= 0.3 is 0 Å². The number of nitrogens with one attached hydrogen (secondary N) is 2. The van der Waals surface area contributed by atoms with Crippen LogP contribution < -0.4 is 10.6 Å². The van der Waals surface area contributed by atoms with Crippen LogP contribution >= 0.6 is 35.0 Å². The number of nitrogens with zero attached hydrogens (tertiary/aromatic N) is 1. The monoisotopic (exact) mass is 503 g/mol. The predicted molar refractivity (Wildman–Crippen MR) is 133 cm³/mol. The first-order valence-corrected chi connectivity index (χ1v) is 11.5. The van der Waals surface area contributed by atoms with Crippen LogP contribution in [-0.4, -0.2) is 22.0 Å². The minimum Gasteiger partial charge on any atom is -0.324 e. The largest absolute Gasteiger partial charge is 0.324 e. The highest BCUT2D eigenvalue weighted by molar-refractivity contribution is 8.00. The molecule has 7 nitrogen and oxygen atoms in total. The first kappa shape index (κ1) is 24.6. The van der Waals surface area contributed by atoms with E-state index in [9.17, 15) is 19.7 Å². The Labute approximate surface area is 204 Å². The van der Waals surface area contributed by atoms with Crippen molar-refractivity contribution in [1.82, 2.24) is 0 Å². The third-order valence-electron chi connectivity index (χ3n) is 4.54. The minimum absolute atomic E-state index is 0.162. The normalized spacial score (nSPS) is 11.5. The van der Waals surface area contributed by atoms with E-state index in [4.69, 9.17) is 23.2 Å². The molecule has 3 aromatic rings. The van der Waals surface area contributed by atoms with Gasteiger partial charge in [-0.15, -0.1) is 11.8 Å². The summed E-state index contributed by atoms with van der Waals surface area (Å²) in [6.45, 7) is 1.90. The molecule has 0 spiro atoms. The van der Waals surface area contributed by atoms with Crippen LogP contribution in [0, 0.1) is 10.1 Å². The van der Waals surface area contributed by atoms with Crippen molar-refractivity contribution in [3.8, 4) is 0 Å². The van der Waals surface area contributed by atoms with Gasteiger partial charge in [-0.25, -0.2) is 0 Å². The van der Waals surface area contributed by atoms with Crippen LogP contribution in [0.5, 0.6) is 0 Å². The Morgan fingerprint density at radius 1 is 1.03 bits per heavy atom. The molecule has 1 atom stereocenters. The van der Waals surface area contributed by atoms with Crippen LogP contribution in [-0.2, 0) is 4.79 Å². The Bertz CT molecular complexity index is 1210. The van der Waals surface area contributed by atoms with E-state index in [0.29, 0.717) is 27.8 Å². The molecule has 2 N–H and O–H groups in total. The zero-order valence-corrected chi connectivity index (χ0v) is 19.7. The van der Waals surface area contributed by atoms with Gasteiger partial charge in [0.25, 0.3) is 11.6 Å². The number of hydrogen-bond donors (Lipinski definition) is 2. The molecule has 1 unspecified atom stereocenters. The molecule has 0 saturated carbocycles. The van der Waals surface area contributed by atoms with E-state index in [0.717, 1.165) is 4.90 Å². The highest BCUT2D eigenvalue weighted by atomic mass is 35.5. The van der Waals surface area contributed by atoms with E-state index in [1.807, 2.05) is 13.0 Å². The lowest BCUT2D eigenvalue weighted by atomic mass is 10.2. The average Bonchev–Trinajstić information content (AvgIpc) is 2.79. The van der Waals surface area contributed by atoms with Crippen LogP contribution in [0.25, 0.3) is 0 Å². The Morgan fingerprint density at radius 3 is 2.48 bits per heavy atom. The summed E-state index contributed by atoms with van der Waals surface area (Å²) >= 11 is 13.4. The number of thioether (sulfide) groups is 1. The Balaban J connectivity index is 1.69. The molecule has 0 aromatic heterocycles. The molecule has 170 valence electrons. The molecule has 0 aliphatic rings. The number of benzene rings is 3. The summed E-state index contributed by atoms with van der Waals surface area (Å²) in [5, 5.41) is 16.9. The zero-order chi connectivity index (χ0) is 24.0. The van der Waals surface area contributed by atoms with Gasteiger partial charge < -0.3 is 10.6 Å².